The predicted molar refractivity (Wildman–Crippen MR) is 99.4 cm³/mol. The van der Waals surface area contributed by atoms with Crippen LogP contribution < -0.4 is 4.74 Å². The van der Waals surface area contributed by atoms with E-state index in [1.807, 2.05) is 59.2 Å². The van der Waals surface area contributed by atoms with Gasteiger partial charge in [-0.25, -0.2) is 4.98 Å². The third-order valence-electron chi connectivity index (χ3n) is 3.78. The zero-order chi connectivity index (χ0) is 17.8. The molecule has 0 spiro atoms. The first kappa shape index (κ1) is 16.4. The highest BCUT2D eigenvalue weighted by molar-refractivity contribution is 7.98. The van der Waals surface area contributed by atoms with Crippen molar-refractivity contribution < 1.29 is 9.15 Å². The highest BCUT2D eigenvalue weighted by Gasteiger charge is 2.13. The number of ether oxygens (including phenoxy) is 1. The van der Waals surface area contributed by atoms with Gasteiger partial charge in [-0.15, -0.1) is 10.2 Å². The molecular weight excluding hydrogens is 348 g/mol. The third-order valence-corrected chi connectivity index (χ3v) is 4.76. The second-order valence-corrected chi connectivity index (χ2v) is 6.40. The quantitative estimate of drug-likeness (QED) is 0.477. The van der Waals surface area contributed by atoms with Gasteiger partial charge in [0, 0.05) is 11.3 Å². The number of oxazole rings is 1. The molecule has 0 radical (unpaired) electrons. The van der Waals surface area contributed by atoms with E-state index in [2.05, 4.69) is 15.2 Å². The van der Waals surface area contributed by atoms with Crippen LogP contribution in [0.5, 0.6) is 5.75 Å². The lowest BCUT2D eigenvalue weighted by Gasteiger charge is -2.10. The minimum absolute atomic E-state index is 0.618. The van der Waals surface area contributed by atoms with E-state index in [0.717, 1.165) is 27.9 Å². The Morgan fingerprint density at radius 1 is 1.08 bits per heavy atom. The Balaban J connectivity index is 1.52. The molecule has 0 aliphatic carbocycles. The van der Waals surface area contributed by atoms with Crippen LogP contribution in [0.4, 0.5) is 0 Å². The second kappa shape index (κ2) is 7.45. The van der Waals surface area contributed by atoms with Crippen molar-refractivity contribution in [2.45, 2.75) is 10.9 Å². The molecule has 0 fully saturated rings. The first-order chi connectivity index (χ1) is 12.8. The lowest BCUT2D eigenvalue weighted by molar-refractivity contribution is 0.412. The number of nitrogens with zero attached hydrogens (tertiary/aromatic N) is 4. The maximum absolute atomic E-state index is 5.58. The molecule has 0 aliphatic rings. The lowest BCUT2D eigenvalue weighted by Crippen LogP contribution is -1.98. The SMILES string of the molecule is COc1ccccc1-n1cnnc1SCc1coc(-c2ccccc2)n1. The summed E-state index contributed by atoms with van der Waals surface area (Å²) < 4.78 is 12.9. The Morgan fingerprint density at radius 3 is 2.73 bits per heavy atom. The van der Waals surface area contributed by atoms with Crippen LogP contribution >= 0.6 is 11.8 Å². The van der Waals surface area contributed by atoms with Crippen LogP contribution in [0, 0.1) is 0 Å². The van der Waals surface area contributed by atoms with E-state index < -0.39 is 0 Å². The van der Waals surface area contributed by atoms with Gasteiger partial charge in [0.15, 0.2) is 5.16 Å². The normalized spacial score (nSPS) is 10.8. The van der Waals surface area contributed by atoms with Crippen LogP contribution in [0.15, 0.2) is 76.8 Å². The Bertz CT molecular complexity index is 997. The summed E-state index contributed by atoms with van der Waals surface area (Å²) in [6, 6.07) is 17.6. The predicted octanol–water partition coefficient (Wildman–Crippen LogP) is 4.22. The van der Waals surface area contributed by atoms with Crippen LogP contribution in [-0.4, -0.2) is 26.9 Å². The van der Waals surface area contributed by atoms with Crippen LogP contribution in [-0.2, 0) is 5.75 Å². The Morgan fingerprint density at radius 2 is 1.88 bits per heavy atom. The van der Waals surface area contributed by atoms with Crippen LogP contribution in [0.25, 0.3) is 17.1 Å². The number of thioether (sulfide) groups is 1. The fourth-order valence-electron chi connectivity index (χ4n) is 2.54. The summed E-state index contributed by atoms with van der Waals surface area (Å²) in [6.45, 7) is 0. The molecule has 2 aromatic carbocycles. The summed E-state index contributed by atoms with van der Waals surface area (Å²) in [5.41, 5.74) is 2.71. The molecule has 0 bridgehead atoms. The van der Waals surface area contributed by atoms with Crippen molar-refractivity contribution >= 4 is 11.8 Å². The third kappa shape index (κ3) is 3.34. The van der Waals surface area contributed by atoms with Crippen molar-refractivity contribution in [1.82, 2.24) is 19.7 Å². The van der Waals surface area contributed by atoms with Crippen molar-refractivity contribution in [2.24, 2.45) is 0 Å². The van der Waals surface area contributed by atoms with Crippen molar-refractivity contribution in [3.05, 3.63) is 72.9 Å². The zero-order valence-electron chi connectivity index (χ0n) is 14.1. The summed E-state index contributed by atoms with van der Waals surface area (Å²) in [5, 5.41) is 9.00. The van der Waals surface area contributed by atoms with Gasteiger partial charge in [-0.3, -0.25) is 4.57 Å². The fraction of sp³-hybridized carbons (Fsp3) is 0.105. The van der Waals surface area contributed by atoms with Gasteiger partial charge in [-0.1, -0.05) is 42.1 Å². The number of para-hydroxylation sites is 2. The largest absolute Gasteiger partial charge is 0.495 e. The minimum atomic E-state index is 0.618. The molecule has 26 heavy (non-hydrogen) atoms. The average Bonchev–Trinajstić information content (AvgIpc) is 3.36. The monoisotopic (exact) mass is 364 g/mol. The molecule has 0 aliphatic heterocycles. The summed E-state index contributed by atoms with van der Waals surface area (Å²) >= 11 is 1.54. The molecule has 0 unspecified atom stereocenters. The van der Waals surface area contributed by atoms with E-state index in [1.165, 1.54) is 0 Å². The number of benzene rings is 2. The fourth-order valence-corrected chi connectivity index (χ4v) is 3.34. The number of methoxy groups -OCH3 is 1. The molecule has 0 saturated heterocycles. The Hall–Kier alpha value is -3.06. The lowest BCUT2D eigenvalue weighted by atomic mass is 10.2. The Kier molecular flexibility index (Phi) is 4.70. The van der Waals surface area contributed by atoms with Gasteiger partial charge < -0.3 is 9.15 Å². The van der Waals surface area contributed by atoms with Crippen molar-refractivity contribution in [3.8, 4) is 22.9 Å². The zero-order valence-corrected chi connectivity index (χ0v) is 14.9. The molecule has 6 nitrogen and oxygen atoms in total. The first-order valence-corrected chi connectivity index (χ1v) is 9.00. The van der Waals surface area contributed by atoms with E-state index in [1.54, 1.807) is 31.5 Å². The highest BCUT2D eigenvalue weighted by Crippen LogP contribution is 2.28. The molecule has 0 N–H and O–H groups in total. The van der Waals surface area contributed by atoms with E-state index in [-0.39, 0.29) is 0 Å². The molecule has 130 valence electrons. The molecule has 0 saturated carbocycles. The molecule has 7 heteroatoms. The first-order valence-electron chi connectivity index (χ1n) is 8.01. The van der Waals surface area contributed by atoms with Crippen molar-refractivity contribution in [2.75, 3.05) is 7.11 Å². The van der Waals surface area contributed by atoms with Crippen LogP contribution in [0.1, 0.15) is 5.69 Å². The summed E-state index contributed by atoms with van der Waals surface area (Å²) in [6.07, 6.45) is 3.36. The number of hydrogen-bond donors (Lipinski definition) is 0. The van der Waals surface area contributed by atoms with Gasteiger partial charge in [-0.2, -0.15) is 0 Å². The van der Waals surface area contributed by atoms with Gasteiger partial charge in [0.2, 0.25) is 5.89 Å². The van der Waals surface area contributed by atoms with Gasteiger partial charge in [0.05, 0.1) is 18.5 Å². The molecule has 4 rings (SSSR count). The standard InChI is InChI=1S/C19H16N4O2S/c1-24-17-10-6-5-9-16(17)23-13-20-22-19(23)26-12-15-11-25-18(21-15)14-7-3-2-4-8-14/h2-11,13H,12H2,1H3. The van der Waals surface area contributed by atoms with Gasteiger partial charge in [0.1, 0.15) is 18.3 Å². The molecule has 4 aromatic rings. The van der Waals surface area contributed by atoms with Gasteiger partial charge in [0.25, 0.3) is 0 Å². The smallest absolute Gasteiger partial charge is 0.226 e. The molecule has 2 aromatic heterocycles. The topological polar surface area (TPSA) is 66.0 Å². The van der Waals surface area contributed by atoms with E-state index in [9.17, 15) is 0 Å². The second-order valence-electron chi connectivity index (χ2n) is 5.45. The maximum atomic E-state index is 5.58. The summed E-state index contributed by atoms with van der Waals surface area (Å²) in [7, 11) is 1.65. The minimum Gasteiger partial charge on any atom is -0.495 e. The average molecular weight is 364 g/mol. The Labute approximate surface area is 154 Å². The van der Waals surface area contributed by atoms with Gasteiger partial charge in [-0.05, 0) is 24.3 Å². The summed E-state index contributed by atoms with van der Waals surface area (Å²) in [4.78, 5) is 4.55. The van der Waals surface area contributed by atoms with Crippen molar-refractivity contribution in [3.63, 3.8) is 0 Å². The molecular formula is C19H16N4O2S. The molecule has 2 heterocycles. The number of aromatic nitrogens is 4. The summed E-state index contributed by atoms with van der Waals surface area (Å²) in [5.74, 6) is 2.01. The maximum Gasteiger partial charge on any atom is 0.226 e. The van der Waals surface area contributed by atoms with Crippen molar-refractivity contribution in [1.29, 1.82) is 0 Å². The molecule has 0 amide bonds. The number of hydrogen-bond acceptors (Lipinski definition) is 6. The van der Waals surface area contributed by atoms with E-state index >= 15 is 0 Å². The van der Waals surface area contributed by atoms with Crippen LogP contribution in [0.3, 0.4) is 0 Å². The van der Waals surface area contributed by atoms with E-state index in [4.69, 9.17) is 9.15 Å². The number of rotatable bonds is 6. The van der Waals surface area contributed by atoms with E-state index in [0.29, 0.717) is 11.6 Å². The van der Waals surface area contributed by atoms with Gasteiger partial charge >= 0.3 is 0 Å². The molecule has 0 atom stereocenters. The van der Waals surface area contributed by atoms with Crippen LogP contribution in [0.2, 0.25) is 0 Å². The highest BCUT2D eigenvalue weighted by atomic mass is 32.2.